The third-order valence-electron chi connectivity index (χ3n) is 3.57. The standard InChI is InChI=1S/C16H19N3O3S/c1-2-21-13-7-4-3-6-12(13)11-23-16-18-17-14(22-16)10-19-9-5-8-15(19)20/h3-4,6-7H,2,5,8-11H2,1H3. The Labute approximate surface area is 139 Å². The average molecular weight is 333 g/mol. The van der Waals surface area contributed by atoms with E-state index in [1.807, 2.05) is 31.2 Å². The zero-order valence-corrected chi connectivity index (χ0v) is 13.8. The van der Waals surface area contributed by atoms with E-state index in [0.29, 0.717) is 36.4 Å². The van der Waals surface area contributed by atoms with Gasteiger partial charge in [-0.1, -0.05) is 30.0 Å². The van der Waals surface area contributed by atoms with Crippen molar-refractivity contribution in [1.82, 2.24) is 15.1 Å². The molecule has 0 bridgehead atoms. The summed E-state index contributed by atoms with van der Waals surface area (Å²) in [5.41, 5.74) is 1.09. The molecule has 2 heterocycles. The van der Waals surface area contributed by atoms with Crippen molar-refractivity contribution in [2.24, 2.45) is 0 Å². The molecule has 1 aromatic heterocycles. The van der Waals surface area contributed by atoms with E-state index in [-0.39, 0.29) is 5.91 Å². The van der Waals surface area contributed by atoms with E-state index in [4.69, 9.17) is 9.15 Å². The fraction of sp³-hybridized carbons (Fsp3) is 0.438. The normalized spacial score (nSPS) is 14.5. The van der Waals surface area contributed by atoms with Crippen LogP contribution in [-0.2, 0) is 17.1 Å². The quantitative estimate of drug-likeness (QED) is 0.726. The lowest BCUT2D eigenvalue weighted by Gasteiger charge is -2.11. The molecule has 0 saturated carbocycles. The minimum absolute atomic E-state index is 0.156. The summed E-state index contributed by atoms with van der Waals surface area (Å²) in [6.07, 6.45) is 1.52. The number of thioether (sulfide) groups is 1. The third kappa shape index (κ3) is 4.04. The molecular weight excluding hydrogens is 314 g/mol. The van der Waals surface area contributed by atoms with Gasteiger partial charge in [-0.05, 0) is 19.4 Å². The summed E-state index contributed by atoms with van der Waals surface area (Å²) in [6.45, 7) is 3.78. The molecule has 1 aromatic carbocycles. The molecule has 2 aromatic rings. The molecule has 122 valence electrons. The monoisotopic (exact) mass is 333 g/mol. The Balaban J connectivity index is 1.58. The van der Waals surface area contributed by atoms with Gasteiger partial charge >= 0.3 is 0 Å². The summed E-state index contributed by atoms with van der Waals surface area (Å²) in [5.74, 6) is 2.22. The van der Waals surface area contributed by atoms with E-state index in [1.54, 1.807) is 4.90 Å². The Kier molecular flexibility index (Phi) is 5.17. The first-order valence-corrected chi connectivity index (χ1v) is 8.68. The lowest BCUT2D eigenvalue weighted by molar-refractivity contribution is -0.128. The molecule has 0 N–H and O–H groups in total. The summed E-state index contributed by atoms with van der Waals surface area (Å²) in [5, 5.41) is 8.58. The van der Waals surface area contributed by atoms with Gasteiger partial charge in [-0.2, -0.15) is 0 Å². The van der Waals surface area contributed by atoms with Crippen molar-refractivity contribution >= 4 is 17.7 Å². The van der Waals surface area contributed by atoms with Crippen LogP contribution in [0.2, 0.25) is 0 Å². The van der Waals surface area contributed by atoms with Gasteiger partial charge in [0.1, 0.15) is 5.75 Å². The second-order valence-electron chi connectivity index (χ2n) is 5.21. The van der Waals surface area contributed by atoms with Gasteiger partial charge < -0.3 is 14.1 Å². The molecule has 0 atom stereocenters. The van der Waals surface area contributed by atoms with Crippen LogP contribution < -0.4 is 4.74 Å². The molecule has 6 nitrogen and oxygen atoms in total. The van der Waals surface area contributed by atoms with Gasteiger partial charge in [0.15, 0.2) is 0 Å². The molecule has 1 aliphatic rings. The fourth-order valence-electron chi connectivity index (χ4n) is 2.45. The van der Waals surface area contributed by atoms with Crippen molar-refractivity contribution in [2.75, 3.05) is 13.2 Å². The van der Waals surface area contributed by atoms with Gasteiger partial charge in [-0.15, -0.1) is 10.2 Å². The first-order valence-electron chi connectivity index (χ1n) is 7.70. The molecule has 1 amide bonds. The number of benzene rings is 1. The number of nitrogens with zero attached hydrogens (tertiary/aromatic N) is 3. The van der Waals surface area contributed by atoms with E-state index < -0.39 is 0 Å². The number of para-hydroxylation sites is 1. The molecular formula is C16H19N3O3S. The number of carbonyl (C=O) groups is 1. The summed E-state index contributed by atoms with van der Waals surface area (Å²) >= 11 is 1.47. The number of aromatic nitrogens is 2. The Morgan fingerprint density at radius 3 is 3.00 bits per heavy atom. The number of likely N-dealkylation sites (tertiary alicyclic amines) is 1. The van der Waals surface area contributed by atoms with Crippen LogP contribution in [0.5, 0.6) is 5.75 Å². The van der Waals surface area contributed by atoms with Crippen molar-refractivity contribution in [3.05, 3.63) is 35.7 Å². The fourth-order valence-corrected chi connectivity index (χ4v) is 3.22. The zero-order valence-electron chi connectivity index (χ0n) is 13.0. The third-order valence-corrected chi connectivity index (χ3v) is 4.44. The summed E-state index contributed by atoms with van der Waals surface area (Å²) in [6, 6.07) is 7.92. The zero-order chi connectivity index (χ0) is 16.1. The van der Waals surface area contributed by atoms with Crippen molar-refractivity contribution in [3.63, 3.8) is 0 Å². The minimum atomic E-state index is 0.156. The molecule has 1 aliphatic heterocycles. The van der Waals surface area contributed by atoms with Crippen LogP contribution in [0.4, 0.5) is 0 Å². The highest BCUT2D eigenvalue weighted by atomic mass is 32.2. The predicted octanol–water partition coefficient (Wildman–Crippen LogP) is 2.88. The summed E-state index contributed by atoms with van der Waals surface area (Å²) < 4.78 is 11.2. The number of hydrogen-bond donors (Lipinski definition) is 0. The molecule has 1 saturated heterocycles. The van der Waals surface area contributed by atoms with E-state index >= 15 is 0 Å². The first-order chi connectivity index (χ1) is 11.3. The van der Waals surface area contributed by atoms with Crippen LogP contribution in [0.3, 0.4) is 0 Å². The largest absolute Gasteiger partial charge is 0.494 e. The number of amides is 1. The second-order valence-corrected chi connectivity index (χ2v) is 6.14. The number of carbonyl (C=O) groups excluding carboxylic acids is 1. The Hall–Kier alpha value is -2.02. The van der Waals surface area contributed by atoms with Crippen molar-refractivity contribution in [1.29, 1.82) is 0 Å². The maximum absolute atomic E-state index is 11.6. The molecule has 7 heteroatoms. The van der Waals surface area contributed by atoms with Gasteiger partial charge in [0.05, 0.1) is 13.2 Å². The van der Waals surface area contributed by atoms with Gasteiger partial charge in [-0.25, -0.2) is 0 Å². The van der Waals surface area contributed by atoms with Crippen molar-refractivity contribution < 1.29 is 13.9 Å². The molecule has 1 fully saturated rings. The first kappa shape index (κ1) is 15.9. The topological polar surface area (TPSA) is 68.5 Å². The van der Waals surface area contributed by atoms with Gasteiger partial charge in [0.25, 0.3) is 5.22 Å². The SMILES string of the molecule is CCOc1ccccc1CSc1nnc(CN2CCCC2=O)o1. The van der Waals surface area contributed by atoms with Crippen LogP contribution in [0.25, 0.3) is 0 Å². The van der Waals surface area contributed by atoms with E-state index in [0.717, 1.165) is 24.3 Å². The molecule has 3 rings (SSSR count). The van der Waals surface area contributed by atoms with Crippen molar-refractivity contribution in [3.8, 4) is 5.75 Å². The van der Waals surface area contributed by atoms with Crippen LogP contribution >= 0.6 is 11.8 Å². The van der Waals surface area contributed by atoms with Crippen LogP contribution in [0, 0.1) is 0 Å². The number of hydrogen-bond acceptors (Lipinski definition) is 6. The van der Waals surface area contributed by atoms with Gasteiger partial charge in [-0.3, -0.25) is 4.79 Å². The highest BCUT2D eigenvalue weighted by molar-refractivity contribution is 7.98. The Morgan fingerprint density at radius 1 is 1.35 bits per heavy atom. The van der Waals surface area contributed by atoms with E-state index in [9.17, 15) is 4.79 Å². The molecule has 0 aliphatic carbocycles. The van der Waals surface area contributed by atoms with E-state index in [1.165, 1.54) is 11.8 Å². The van der Waals surface area contributed by atoms with Crippen molar-refractivity contribution in [2.45, 2.75) is 37.3 Å². The molecule has 23 heavy (non-hydrogen) atoms. The minimum Gasteiger partial charge on any atom is -0.494 e. The highest BCUT2D eigenvalue weighted by Gasteiger charge is 2.22. The summed E-state index contributed by atoms with van der Waals surface area (Å²) in [7, 11) is 0. The smallest absolute Gasteiger partial charge is 0.276 e. The number of rotatable bonds is 7. The molecule has 0 radical (unpaired) electrons. The van der Waals surface area contributed by atoms with Crippen LogP contribution in [0.15, 0.2) is 33.9 Å². The maximum Gasteiger partial charge on any atom is 0.276 e. The summed E-state index contributed by atoms with van der Waals surface area (Å²) in [4.78, 5) is 13.4. The Morgan fingerprint density at radius 2 is 2.22 bits per heavy atom. The second kappa shape index (κ2) is 7.50. The van der Waals surface area contributed by atoms with E-state index in [2.05, 4.69) is 10.2 Å². The Bertz CT molecular complexity index is 674. The maximum atomic E-state index is 11.6. The number of ether oxygens (including phenoxy) is 1. The van der Waals surface area contributed by atoms with Gasteiger partial charge in [0.2, 0.25) is 11.8 Å². The van der Waals surface area contributed by atoms with Gasteiger partial charge in [0, 0.05) is 24.3 Å². The average Bonchev–Trinajstić information content (AvgIpc) is 3.17. The lowest BCUT2D eigenvalue weighted by atomic mass is 10.2. The predicted molar refractivity (Wildman–Crippen MR) is 86.1 cm³/mol. The lowest BCUT2D eigenvalue weighted by Crippen LogP contribution is -2.23. The highest BCUT2D eigenvalue weighted by Crippen LogP contribution is 2.27. The van der Waals surface area contributed by atoms with Crippen LogP contribution in [0.1, 0.15) is 31.2 Å². The van der Waals surface area contributed by atoms with Crippen LogP contribution in [-0.4, -0.2) is 34.2 Å². The molecule has 0 unspecified atom stereocenters. The molecule has 0 spiro atoms.